The van der Waals surface area contributed by atoms with Gasteiger partial charge in [0.15, 0.2) is 11.0 Å². The van der Waals surface area contributed by atoms with E-state index in [2.05, 4.69) is 15.1 Å². The van der Waals surface area contributed by atoms with Crippen LogP contribution in [0.3, 0.4) is 0 Å². The molecule has 3 aromatic rings. The molecule has 3 rings (SSSR count). The van der Waals surface area contributed by atoms with Crippen molar-refractivity contribution in [2.24, 2.45) is 0 Å². The van der Waals surface area contributed by atoms with E-state index in [1.165, 1.54) is 11.3 Å². The summed E-state index contributed by atoms with van der Waals surface area (Å²) in [5.74, 6) is 1.73. The molecule has 0 amide bonds. The molecule has 0 bridgehead atoms. The third-order valence-electron chi connectivity index (χ3n) is 2.66. The highest BCUT2D eigenvalue weighted by Gasteiger charge is 2.11. The maximum absolute atomic E-state index is 5.85. The van der Waals surface area contributed by atoms with Crippen LogP contribution in [-0.4, -0.2) is 15.1 Å². The predicted octanol–water partition coefficient (Wildman–Crippen LogP) is 4.03. The van der Waals surface area contributed by atoms with Gasteiger partial charge in [0.1, 0.15) is 0 Å². The topological polar surface area (TPSA) is 77.8 Å². The van der Waals surface area contributed by atoms with E-state index in [1.807, 2.05) is 19.1 Å². The first-order valence-corrected chi connectivity index (χ1v) is 8.24. The number of nitrogens with zero attached hydrogens (tertiary/aromatic N) is 3. The zero-order chi connectivity index (χ0) is 14.8. The molecule has 2 aromatic heterocycles. The van der Waals surface area contributed by atoms with Crippen LogP contribution in [0.2, 0.25) is 5.02 Å². The van der Waals surface area contributed by atoms with Gasteiger partial charge in [-0.05, 0) is 31.2 Å². The Hall–Kier alpha value is -1.57. The molecule has 0 radical (unpaired) electrons. The lowest BCUT2D eigenvalue weighted by molar-refractivity contribution is 0.425. The zero-order valence-corrected chi connectivity index (χ0v) is 13.4. The van der Waals surface area contributed by atoms with Crippen LogP contribution < -0.4 is 5.73 Å². The fraction of sp³-hybridized carbons (Fsp3) is 0.154. The van der Waals surface area contributed by atoms with Gasteiger partial charge in [-0.3, -0.25) is 0 Å². The molecule has 2 heterocycles. The Morgan fingerprint density at radius 1 is 1.29 bits per heavy atom. The van der Waals surface area contributed by atoms with E-state index < -0.39 is 0 Å². The highest BCUT2D eigenvalue weighted by molar-refractivity contribution is 8.00. The molecule has 0 aliphatic rings. The van der Waals surface area contributed by atoms with E-state index in [0.29, 0.717) is 27.6 Å². The maximum atomic E-state index is 5.85. The first-order chi connectivity index (χ1) is 10.1. The van der Waals surface area contributed by atoms with Crippen LogP contribution in [0.1, 0.15) is 11.5 Å². The molecule has 8 heteroatoms. The maximum Gasteiger partial charge on any atom is 0.257 e. The summed E-state index contributed by atoms with van der Waals surface area (Å²) in [6.07, 6.45) is 0. The molecule has 0 spiro atoms. The van der Waals surface area contributed by atoms with Crippen molar-refractivity contribution in [1.82, 2.24) is 15.1 Å². The fourth-order valence-electron chi connectivity index (χ4n) is 1.69. The van der Waals surface area contributed by atoms with Crippen molar-refractivity contribution in [1.29, 1.82) is 0 Å². The van der Waals surface area contributed by atoms with Gasteiger partial charge < -0.3 is 10.3 Å². The summed E-state index contributed by atoms with van der Waals surface area (Å²) in [7, 11) is 0. The molecule has 108 valence electrons. The van der Waals surface area contributed by atoms with E-state index in [9.17, 15) is 0 Å². The molecule has 2 N–H and O–H groups in total. The van der Waals surface area contributed by atoms with Gasteiger partial charge in [-0.25, -0.2) is 4.98 Å². The van der Waals surface area contributed by atoms with Gasteiger partial charge in [-0.2, -0.15) is 4.98 Å². The minimum atomic E-state index is 0.489. The largest absolute Gasteiger partial charge is 0.375 e. The monoisotopic (exact) mass is 338 g/mol. The number of hydrogen-bond donors (Lipinski definition) is 1. The normalized spacial score (nSPS) is 11.0. The predicted molar refractivity (Wildman–Crippen MR) is 85.6 cm³/mol. The Morgan fingerprint density at radius 2 is 2.05 bits per heavy atom. The van der Waals surface area contributed by atoms with Crippen LogP contribution in [-0.2, 0) is 5.75 Å². The number of thiazole rings is 1. The molecule has 0 fully saturated rings. The number of nitrogen functional groups attached to an aromatic ring is 1. The minimum absolute atomic E-state index is 0.489. The molecule has 0 aliphatic carbocycles. The average molecular weight is 339 g/mol. The van der Waals surface area contributed by atoms with Crippen molar-refractivity contribution in [3.05, 3.63) is 40.8 Å². The highest BCUT2D eigenvalue weighted by atomic mass is 35.5. The molecule has 1 aromatic carbocycles. The van der Waals surface area contributed by atoms with Crippen molar-refractivity contribution in [3.63, 3.8) is 0 Å². The summed E-state index contributed by atoms with van der Waals surface area (Å²) in [5.41, 5.74) is 7.46. The first kappa shape index (κ1) is 14.4. The first-order valence-electron chi connectivity index (χ1n) is 6.06. The number of aryl methyl sites for hydroxylation is 1. The molecule has 0 unspecified atom stereocenters. The number of benzene rings is 1. The van der Waals surface area contributed by atoms with Gasteiger partial charge in [0.25, 0.3) is 5.89 Å². The molecular formula is C13H11ClN4OS2. The second kappa shape index (κ2) is 6.05. The molecule has 5 nitrogen and oxygen atoms in total. The Morgan fingerprint density at radius 3 is 2.71 bits per heavy atom. The average Bonchev–Trinajstić information content (AvgIpc) is 3.04. The number of hydrogen-bond acceptors (Lipinski definition) is 7. The van der Waals surface area contributed by atoms with Crippen LogP contribution in [0.4, 0.5) is 5.13 Å². The number of rotatable bonds is 4. The highest BCUT2D eigenvalue weighted by Crippen LogP contribution is 2.32. The summed E-state index contributed by atoms with van der Waals surface area (Å²) in [5, 5.41) is 5.23. The molecule has 0 aliphatic heterocycles. The second-order valence-electron chi connectivity index (χ2n) is 4.24. The van der Waals surface area contributed by atoms with Gasteiger partial charge in [-0.15, -0.1) is 11.8 Å². The van der Waals surface area contributed by atoms with E-state index in [-0.39, 0.29) is 0 Å². The molecule has 0 atom stereocenters. The van der Waals surface area contributed by atoms with Crippen molar-refractivity contribution in [2.45, 2.75) is 16.9 Å². The Labute approximate surface area is 134 Å². The summed E-state index contributed by atoms with van der Waals surface area (Å²) in [6, 6.07) is 7.28. The molecule has 0 saturated carbocycles. The summed E-state index contributed by atoms with van der Waals surface area (Å²) >= 11 is 8.92. The smallest absolute Gasteiger partial charge is 0.257 e. The Kier molecular flexibility index (Phi) is 4.14. The Balaban J connectivity index is 1.70. The van der Waals surface area contributed by atoms with Crippen LogP contribution in [0.15, 0.2) is 33.0 Å². The van der Waals surface area contributed by atoms with Crippen LogP contribution in [0.25, 0.3) is 11.5 Å². The number of aromatic nitrogens is 3. The fourth-order valence-corrected chi connectivity index (χ4v) is 3.68. The van der Waals surface area contributed by atoms with Crippen molar-refractivity contribution >= 4 is 39.8 Å². The minimum Gasteiger partial charge on any atom is -0.375 e. The number of thioether (sulfide) groups is 1. The van der Waals surface area contributed by atoms with Crippen molar-refractivity contribution < 1.29 is 4.52 Å². The number of anilines is 1. The van der Waals surface area contributed by atoms with Crippen molar-refractivity contribution in [3.8, 4) is 11.5 Å². The van der Waals surface area contributed by atoms with Crippen molar-refractivity contribution in [2.75, 3.05) is 5.73 Å². The lowest BCUT2D eigenvalue weighted by Gasteiger charge is -1.94. The summed E-state index contributed by atoms with van der Waals surface area (Å²) < 4.78 is 6.33. The lowest BCUT2D eigenvalue weighted by atomic mass is 10.2. The van der Waals surface area contributed by atoms with E-state index >= 15 is 0 Å². The number of halogens is 1. The molecular weight excluding hydrogens is 328 g/mol. The quantitative estimate of drug-likeness (QED) is 0.723. The van der Waals surface area contributed by atoms with Gasteiger partial charge in [0.05, 0.1) is 15.7 Å². The lowest BCUT2D eigenvalue weighted by Crippen LogP contribution is -1.84. The number of nitrogens with two attached hydrogens (primary N) is 1. The van der Waals surface area contributed by atoms with Crippen LogP contribution in [0.5, 0.6) is 0 Å². The standard InChI is InChI=1S/C13H11ClN4OS2/c1-7-12(21-13(15)16-7)20-6-10-17-11(19-18-10)8-2-4-9(14)5-3-8/h2-5H,6H2,1H3,(H2,15,16). The van der Waals surface area contributed by atoms with E-state index in [1.54, 1.807) is 23.9 Å². The van der Waals surface area contributed by atoms with Crippen LogP contribution >= 0.6 is 34.7 Å². The van der Waals surface area contributed by atoms with E-state index in [4.69, 9.17) is 21.9 Å². The second-order valence-corrected chi connectivity index (χ2v) is 6.95. The zero-order valence-electron chi connectivity index (χ0n) is 11.0. The third-order valence-corrected chi connectivity index (χ3v) is 5.26. The summed E-state index contributed by atoms with van der Waals surface area (Å²) in [4.78, 5) is 8.56. The van der Waals surface area contributed by atoms with Crippen LogP contribution in [0, 0.1) is 6.92 Å². The third kappa shape index (κ3) is 3.37. The Bertz CT molecular complexity index is 754. The molecule has 0 saturated heterocycles. The van der Waals surface area contributed by atoms with Gasteiger partial charge in [0.2, 0.25) is 0 Å². The SMILES string of the molecule is Cc1nc(N)sc1SCc1noc(-c2ccc(Cl)cc2)n1. The summed E-state index contributed by atoms with van der Waals surface area (Å²) in [6.45, 7) is 1.94. The van der Waals surface area contributed by atoms with Gasteiger partial charge in [-0.1, -0.05) is 28.1 Å². The van der Waals surface area contributed by atoms with E-state index in [0.717, 1.165) is 15.5 Å². The van der Waals surface area contributed by atoms with Gasteiger partial charge >= 0.3 is 0 Å². The van der Waals surface area contributed by atoms with Gasteiger partial charge in [0, 0.05) is 10.6 Å². The molecule has 21 heavy (non-hydrogen) atoms.